The fraction of sp³-hybridized carbons (Fsp3) is 0.300. The SMILES string of the molecule is CCC(=O)C(C#N)C1=CC=CC(C)(OCc2ccccc2)C=C1. The van der Waals surface area contributed by atoms with Gasteiger partial charge in [0.2, 0.25) is 0 Å². The molecular formula is C20H21NO2. The monoisotopic (exact) mass is 307 g/mol. The van der Waals surface area contributed by atoms with Crippen LogP contribution in [0, 0.1) is 17.2 Å². The first kappa shape index (κ1) is 16.9. The van der Waals surface area contributed by atoms with Crippen molar-refractivity contribution < 1.29 is 9.53 Å². The molecule has 2 rings (SSSR count). The Balaban J connectivity index is 2.09. The molecule has 0 fully saturated rings. The van der Waals surface area contributed by atoms with E-state index in [0.717, 1.165) is 5.56 Å². The summed E-state index contributed by atoms with van der Waals surface area (Å²) in [6, 6.07) is 12.1. The summed E-state index contributed by atoms with van der Waals surface area (Å²) in [6.45, 7) is 4.23. The predicted molar refractivity (Wildman–Crippen MR) is 90.4 cm³/mol. The maximum absolute atomic E-state index is 11.9. The summed E-state index contributed by atoms with van der Waals surface area (Å²) < 4.78 is 6.01. The Morgan fingerprint density at radius 2 is 2.04 bits per heavy atom. The molecule has 0 heterocycles. The molecule has 0 saturated carbocycles. The number of ketones is 1. The number of hydrogen-bond donors (Lipinski definition) is 0. The zero-order valence-corrected chi connectivity index (χ0v) is 13.5. The molecule has 0 saturated heterocycles. The number of allylic oxidation sites excluding steroid dienone is 4. The summed E-state index contributed by atoms with van der Waals surface area (Å²) in [4.78, 5) is 11.9. The fourth-order valence-corrected chi connectivity index (χ4v) is 2.36. The Labute approximate surface area is 137 Å². The Hall–Kier alpha value is -2.44. The molecule has 2 atom stereocenters. The highest BCUT2D eigenvalue weighted by molar-refractivity contribution is 5.86. The molecule has 0 N–H and O–H groups in total. The van der Waals surface area contributed by atoms with Gasteiger partial charge in [-0.15, -0.1) is 0 Å². The summed E-state index contributed by atoms with van der Waals surface area (Å²) in [5, 5.41) is 9.25. The van der Waals surface area contributed by atoms with Crippen LogP contribution in [-0.2, 0) is 16.1 Å². The summed E-state index contributed by atoms with van der Waals surface area (Å²) in [7, 11) is 0. The fourth-order valence-electron chi connectivity index (χ4n) is 2.36. The topological polar surface area (TPSA) is 50.1 Å². The standard InChI is InChI=1S/C20H21NO2/c1-3-19(22)18(14-21)17-10-7-12-20(2,13-11-17)23-15-16-8-5-4-6-9-16/h4-13,18H,3,15H2,1-2H3. The Kier molecular flexibility index (Phi) is 5.67. The molecule has 2 unspecified atom stereocenters. The van der Waals surface area contributed by atoms with Crippen molar-refractivity contribution in [2.45, 2.75) is 32.5 Å². The van der Waals surface area contributed by atoms with Gasteiger partial charge in [0, 0.05) is 6.42 Å². The number of nitrogens with zero attached hydrogens (tertiary/aromatic N) is 1. The number of ether oxygens (including phenoxy) is 1. The van der Waals surface area contributed by atoms with Crippen LogP contribution in [0.15, 0.2) is 66.3 Å². The minimum absolute atomic E-state index is 0.0643. The van der Waals surface area contributed by atoms with Crippen molar-refractivity contribution >= 4 is 5.78 Å². The van der Waals surface area contributed by atoms with Crippen molar-refractivity contribution in [2.75, 3.05) is 0 Å². The molecule has 23 heavy (non-hydrogen) atoms. The maximum atomic E-state index is 11.9. The molecule has 1 aromatic carbocycles. The molecule has 0 spiro atoms. The van der Waals surface area contributed by atoms with Crippen molar-refractivity contribution in [1.29, 1.82) is 5.26 Å². The molecule has 0 aromatic heterocycles. The third-order valence-electron chi connectivity index (χ3n) is 3.85. The number of carbonyl (C=O) groups excluding carboxylic acids is 1. The molecule has 118 valence electrons. The first-order valence-electron chi connectivity index (χ1n) is 7.77. The summed E-state index contributed by atoms with van der Waals surface area (Å²) in [5.41, 5.74) is 1.25. The third kappa shape index (κ3) is 4.51. The number of nitriles is 1. The quantitative estimate of drug-likeness (QED) is 0.794. The van der Waals surface area contributed by atoms with Crippen molar-refractivity contribution in [1.82, 2.24) is 0 Å². The van der Waals surface area contributed by atoms with E-state index in [4.69, 9.17) is 4.74 Å². The molecule has 1 aliphatic carbocycles. The van der Waals surface area contributed by atoms with Gasteiger partial charge in [-0.2, -0.15) is 5.26 Å². The van der Waals surface area contributed by atoms with Crippen LogP contribution in [0.3, 0.4) is 0 Å². The van der Waals surface area contributed by atoms with E-state index in [0.29, 0.717) is 18.6 Å². The highest BCUT2D eigenvalue weighted by Gasteiger charge is 2.23. The molecule has 0 radical (unpaired) electrons. The van der Waals surface area contributed by atoms with Crippen LogP contribution in [0.25, 0.3) is 0 Å². The molecule has 1 aromatic rings. The average molecular weight is 307 g/mol. The highest BCUT2D eigenvalue weighted by atomic mass is 16.5. The van der Waals surface area contributed by atoms with E-state index in [1.54, 1.807) is 6.92 Å². The van der Waals surface area contributed by atoms with Crippen molar-refractivity contribution in [3.8, 4) is 6.07 Å². The zero-order chi connectivity index (χ0) is 16.7. The van der Waals surface area contributed by atoms with Crippen LogP contribution in [0.4, 0.5) is 0 Å². The second kappa shape index (κ2) is 7.71. The Morgan fingerprint density at radius 3 is 2.70 bits per heavy atom. The van der Waals surface area contributed by atoms with Gasteiger partial charge in [-0.3, -0.25) is 4.79 Å². The molecule has 3 heteroatoms. The van der Waals surface area contributed by atoms with Crippen molar-refractivity contribution in [3.63, 3.8) is 0 Å². The van der Waals surface area contributed by atoms with Gasteiger partial charge >= 0.3 is 0 Å². The average Bonchev–Trinajstić information content (AvgIpc) is 2.77. The van der Waals surface area contributed by atoms with Gasteiger partial charge in [-0.1, -0.05) is 55.5 Å². The van der Waals surface area contributed by atoms with E-state index in [1.165, 1.54) is 0 Å². The predicted octanol–water partition coefficient (Wildman–Crippen LogP) is 4.13. The molecule has 1 aliphatic rings. The van der Waals surface area contributed by atoms with E-state index >= 15 is 0 Å². The van der Waals surface area contributed by atoms with Crippen LogP contribution in [0.5, 0.6) is 0 Å². The Bertz CT molecular complexity index is 679. The zero-order valence-electron chi connectivity index (χ0n) is 13.5. The molecule has 0 bridgehead atoms. The number of carbonyl (C=O) groups is 1. The maximum Gasteiger partial charge on any atom is 0.154 e. The van der Waals surface area contributed by atoms with E-state index < -0.39 is 11.5 Å². The highest BCUT2D eigenvalue weighted by Crippen LogP contribution is 2.24. The smallest absolute Gasteiger partial charge is 0.154 e. The van der Waals surface area contributed by atoms with E-state index in [-0.39, 0.29) is 5.78 Å². The number of rotatable bonds is 6. The van der Waals surface area contributed by atoms with Gasteiger partial charge in [-0.25, -0.2) is 0 Å². The lowest BCUT2D eigenvalue weighted by Gasteiger charge is -2.22. The van der Waals surface area contributed by atoms with Crippen LogP contribution in [0.1, 0.15) is 25.8 Å². The van der Waals surface area contributed by atoms with E-state index in [1.807, 2.05) is 67.6 Å². The summed E-state index contributed by atoms with van der Waals surface area (Å²) >= 11 is 0. The second-order valence-electron chi connectivity index (χ2n) is 5.70. The number of hydrogen-bond acceptors (Lipinski definition) is 3. The van der Waals surface area contributed by atoms with Crippen molar-refractivity contribution in [3.05, 3.63) is 71.8 Å². The van der Waals surface area contributed by atoms with Gasteiger partial charge < -0.3 is 4.74 Å². The van der Waals surface area contributed by atoms with Crippen LogP contribution in [0.2, 0.25) is 0 Å². The summed E-state index contributed by atoms with van der Waals surface area (Å²) in [6.07, 6.45) is 9.69. The van der Waals surface area contributed by atoms with Crippen LogP contribution >= 0.6 is 0 Å². The first-order valence-corrected chi connectivity index (χ1v) is 7.77. The molecule has 3 nitrogen and oxygen atoms in total. The van der Waals surface area contributed by atoms with Gasteiger partial charge in [0.05, 0.1) is 12.7 Å². The third-order valence-corrected chi connectivity index (χ3v) is 3.85. The second-order valence-corrected chi connectivity index (χ2v) is 5.70. The van der Waals surface area contributed by atoms with Crippen molar-refractivity contribution in [2.24, 2.45) is 5.92 Å². The minimum atomic E-state index is -0.711. The van der Waals surface area contributed by atoms with E-state index in [2.05, 4.69) is 6.07 Å². The molecule has 0 aliphatic heterocycles. The Morgan fingerprint density at radius 1 is 1.30 bits per heavy atom. The van der Waals surface area contributed by atoms with Gasteiger partial charge in [0.1, 0.15) is 11.5 Å². The molecular weight excluding hydrogens is 286 g/mol. The number of benzene rings is 1. The molecule has 0 amide bonds. The van der Waals surface area contributed by atoms with Crippen LogP contribution < -0.4 is 0 Å². The van der Waals surface area contributed by atoms with Crippen LogP contribution in [-0.4, -0.2) is 11.4 Å². The minimum Gasteiger partial charge on any atom is -0.362 e. The van der Waals surface area contributed by atoms with Gasteiger partial charge in [0.15, 0.2) is 5.78 Å². The first-order chi connectivity index (χ1) is 11.1. The van der Waals surface area contributed by atoms with Gasteiger partial charge in [0.25, 0.3) is 0 Å². The largest absolute Gasteiger partial charge is 0.362 e. The lowest BCUT2D eigenvalue weighted by molar-refractivity contribution is -0.120. The normalized spacial score (nSPS) is 21.2. The number of Topliss-reactive ketones (excluding diaryl/α,β-unsaturated/α-hetero) is 1. The van der Waals surface area contributed by atoms with Gasteiger partial charge in [-0.05, 0) is 30.2 Å². The lowest BCUT2D eigenvalue weighted by atomic mass is 9.93. The summed E-state index contributed by atoms with van der Waals surface area (Å²) in [5.74, 6) is -0.775. The lowest BCUT2D eigenvalue weighted by Crippen LogP contribution is -2.22. The van der Waals surface area contributed by atoms with E-state index in [9.17, 15) is 10.1 Å².